The van der Waals surface area contributed by atoms with Crippen molar-refractivity contribution in [1.82, 2.24) is 0 Å². The van der Waals surface area contributed by atoms with Crippen LogP contribution < -0.4 is 0 Å². The second kappa shape index (κ2) is 5.61. The zero-order valence-corrected chi connectivity index (χ0v) is 9.08. The van der Waals surface area contributed by atoms with Crippen LogP contribution in [0, 0.1) is 17.8 Å². The van der Waals surface area contributed by atoms with Gasteiger partial charge >= 0.3 is 0 Å². The summed E-state index contributed by atoms with van der Waals surface area (Å²) in [6.07, 6.45) is 2.71. The van der Waals surface area contributed by atoms with Crippen molar-refractivity contribution in [3.05, 3.63) is 0 Å². The lowest BCUT2D eigenvalue weighted by atomic mass is 9.99. The molecule has 0 amide bonds. The Morgan fingerprint density at radius 3 is 2.46 bits per heavy atom. The van der Waals surface area contributed by atoms with Crippen molar-refractivity contribution in [2.75, 3.05) is 26.9 Å². The molecular formula is C11H22O2. The van der Waals surface area contributed by atoms with E-state index >= 15 is 0 Å². The van der Waals surface area contributed by atoms with Crippen molar-refractivity contribution < 1.29 is 9.47 Å². The molecule has 0 saturated heterocycles. The Balaban J connectivity index is 2.07. The van der Waals surface area contributed by atoms with Crippen LogP contribution in [0.25, 0.3) is 0 Å². The molecule has 0 bridgehead atoms. The van der Waals surface area contributed by atoms with Gasteiger partial charge in [0.2, 0.25) is 0 Å². The van der Waals surface area contributed by atoms with Gasteiger partial charge in [0.25, 0.3) is 0 Å². The zero-order chi connectivity index (χ0) is 9.68. The summed E-state index contributed by atoms with van der Waals surface area (Å²) in [5.74, 6) is 2.52. The van der Waals surface area contributed by atoms with Crippen LogP contribution in [0.15, 0.2) is 0 Å². The van der Waals surface area contributed by atoms with E-state index in [2.05, 4.69) is 13.8 Å². The van der Waals surface area contributed by atoms with E-state index < -0.39 is 0 Å². The smallest absolute Gasteiger partial charge is 0.0700 e. The molecule has 78 valence electrons. The lowest BCUT2D eigenvalue weighted by Gasteiger charge is -2.14. The Labute approximate surface area is 81.6 Å². The monoisotopic (exact) mass is 186 g/mol. The first-order chi connectivity index (χ1) is 6.24. The summed E-state index contributed by atoms with van der Waals surface area (Å²) in [6, 6.07) is 0. The maximum absolute atomic E-state index is 5.55. The van der Waals surface area contributed by atoms with Crippen LogP contribution in [0.1, 0.15) is 26.7 Å². The van der Waals surface area contributed by atoms with Gasteiger partial charge in [-0.05, 0) is 30.6 Å². The number of rotatable bonds is 5. The van der Waals surface area contributed by atoms with Gasteiger partial charge in [-0.25, -0.2) is 0 Å². The van der Waals surface area contributed by atoms with E-state index in [1.165, 1.54) is 12.8 Å². The van der Waals surface area contributed by atoms with Crippen molar-refractivity contribution in [3.8, 4) is 0 Å². The lowest BCUT2D eigenvalue weighted by molar-refractivity contribution is 0.0449. The molecule has 0 aliphatic heterocycles. The molecule has 13 heavy (non-hydrogen) atoms. The molecule has 0 N–H and O–H groups in total. The molecule has 0 spiro atoms. The van der Waals surface area contributed by atoms with Gasteiger partial charge in [0.05, 0.1) is 13.2 Å². The van der Waals surface area contributed by atoms with E-state index in [4.69, 9.17) is 9.47 Å². The fourth-order valence-corrected chi connectivity index (χ4v) is 2.28. The highest BCUT2D eigenvalue weighted by Crippen LogP contribution is 2.35. The van der Waals surface area contributed by atoms with Crippen molar-refractivity contribution in [1.29, 1.82) is 0 Å². The van der Waals surface area contributed by atoms with E-state index in [0.717, 1.165) is 37.6 Å². The Hall–Kier alpha value is -0.0800. The molecule has 0 heterocycles. The summed E-state index contributed by atoms with van der Waals surface area (Å²) in [4.78, 5) is 0. The minimum Gasteiger partial charge on any atom is -0.382 e. The molecule has 1 saturated carbocycles. The van der Waals surface area contributed by atoms with Crippen LogP contribution in [0.4, 0.5) is 0 Å². The highest BCUT2D eigenvalue weighted by atomic mass is 16.5. The topological polar surface area (TPSA) is 18.5 Å². The summed E-state index contributed by atoms with van der Waals surface area (Å²) < 4.78 is 10.5. The number of methoxy groups -OCH3 is 1. The van der Waals surface area contributed by atoms with Crippen molar-refractivity contribution in [2.45, 2.75) is 26.7 Å². The third-order valence-electron chi connectivity index (χ3n) is 3.05. The van der Waals surface area contributed by atoms with Crippen LogP contribution in [-0.4, -0.2) is 26.9 Å². The Morgan fingerprint density at radius 2 is 1.92 bits per heavy atom. The second-order valence-corrected chi connectivity index (χ2v) is 4.38. The maximum atomic E-state index is 5.55. The van der Waals surface area contributed by atoms with Gasteiger partial charge in [0.15, 0.2) is 0 Å². The number of hydrogen-bond acceptors (Lipinski definition) is 2. The fourth-order valence-electron chi connectivity index (χ4n) is 2.28. The normalized spacial score (nSPS) is 33.9. The van der Waals surface area contributed by atoms with Crippen LogP contribution >= 0.6 is 0 Å². The minimum atomic E-state index is 0.719. The molecular weight excluding hydrogens is 164 g/mol. The second-order valence-electron chi connectivity index (χ2n) is 4.38. The lowest BCUT2D eigenvalue weighted by Crippen LogP contribution is -2.14. The highest BCUT2D eigenvalue weighted by molar-refractivity contribution is 4.78. The van der Waals surface area contributed by atoms with E-state index in [0.29, 0.717) is 0 Å². The summed E-state index contributed by atoms with van der Waals surface area (Å²) in [7, 11) is 1.71. The summed E-state index contributed by atoms with van der Waals surface area (Å²) in [6.45, 7) is 7.07. The van der Waals surface area contributed by atoms with Crippen molar-refractivity contribution in [3.63, 3.8) is 0 Å². The Kier molecular flexibility index (Phi) is 4.74. The quantitative estimate of drug-likeness (QED) is 0.613. The predicted octanol–water partition coefficient (Wildman–Crippen LogP) is 2.33. The zero-order valence-electron chi connectivity index (χ0n) is 9.08. The predicted molar refractivity (Wildman–Crippen MR) is 53.7 cm³/mol. The van der Waals surface area contributed by atoms with Crippen molar-refractivity contribution in [2.24, 2.45) is 17.8 Å². The first-order valence-electron chi connectivity index (χ1n) is 5.30. The molecule has 0 aromatic rings. The molecule has 2 nitrogen and oxygen atoms in total. The number of hydrogen-bond donors (Lipinski definition) is 0. The SMILES string of the molecule is COCCOCC1CC(C)CC1C. The van der Waals surface area contributed by atoms with Gasteiger partial charge in [-0.1, -0.05) is 13.8 Å². The van der Waals surface area contributed by atoms with Gasteiger partial charge in [0, 0.05) is 13.7 Å². The summed E-state index contributed by atoms with van der Waals surface area (Å²) in [5, 5.41) is 0. The highest BCUT2D eigenvalue weighted by Gasteiger charge is 2.28. The summed E-state index contributed by atoms with van der Waals surface area (Å²) in [5.41, 5.74) is 0. The first-order valence-corrected chi connectivity index (χ1v) is 5.30. The van der Waals surface area contributed by atoms with E-state index in [1.807, 2.05) is 0 Å². The molecule has 1 rings (SSSR count). The fraction of sp³-hybridized carbons (Fsp3) is 1.00. The van der Waals surface area contributed by atoms with Crippen LogP contribution in [0.2, 0.25) is 0 Å². The molecule has 0 aromatic carbocycles. The minimum absolute atomic E-state index is 0.719. The third kappa shape index (κ3) is 3.65. The average Bonchev–Trinajstić information content (AvgIpc) is 2.39. The van der Waals surface area contributed by atoms with Crippen LogP contribution in [-0.2, 0) is 9.47 Å². The molecule has 3 unspecified atom stereocenters. The third-order valence-corrected chi connectivity index (χ3v) is 3.05. The van der Waals surface area contributed by atoms with Gasteiger partial charge in [-0.2, -0.15) is 0 Å². The van der Waals surface area contributed by atoms with Gasteiger partial charge in [0.1, 0.15) is 0 Å². The number of ether oxygens (including phenoxy) is 2. The Morgan fingerprint density at radius 1 is 1.15 bits per heavy atom. The van der Waals surface area contributed by atoms with E-state index in [9.17, 15) is 0 Å². The van der Waals surface area contributed by atoms with Crippen LogP contribution in [0.5, 0.6) is 0 Å². The maximum Gasteiger partial charge on any atom is 0.0700 e. The molecule has 0 aromatic heterocycles. The van der Waals surface area contributed by atoms with Gasteiger partial charge in [-0.3, -0.25) is 0 Å². The Bertz CT molecular complexity index is 136. The van der Waals surface area contributed by atoms with E-state index in [1.54, 1.807) is 7.11 Å². The molecule has 2 heteroatoms. The molecule has 1 aliphatic carbocycles. The summed E-state index contributed by atoms with van der Waals surface area (Å²) >= 11 is 0. The van der Waals surface area contributed by atoms with Crippen molar-refractivity contribution >= 4 is 0 Å². The van der Waals surface area contributed by atoms with E-state index in [-0.39, 0.29) is 0 Å². The molecule has 1 fully saturated rings. The van der Waals surface area contributed by atoms with Gasteiger partial charge in [-0.15, -0.1) is 0 Å². The standard InChI is InChI=1S/C11H22O2/c1-9-6-10(2)11(7-9)8-13-5-4-12-3/h9-11H,4-8H2,1-3H3. The first kappa shape index (κ1) is 11.0. The average molecular weight is 186 g/mol. The van der Waals surface area contributed by atoms with Crippen LogP contribution in [0.3, 0.4) is 0 Å². The molecule has 0 radical (unpaired) electrons. The van der Waals surface area contributed by atoms with Gasteiger partial charge < -0.3 is 9.47 Å². The molecule has 3 atom stereocenters. The largest absolute Gasteiger partial charge is 0.382 e. The molecule has 1 aliphatic rings.